The van der Waals surface area contributed by atoms with Crippen molar-refractivity contribution in [3.63, 3.8) is 0 Å². The molecule has 0 saturated carbocycles. The van der Waals surface area contributed by atoms with E-state index in [4.69, 9.17) is 9.26 Å². The number of nitrogens with one attached hydrogen (secondary N) is 2. The highest BCUT2D eigenvalue weighted by atomic mass is 16.6. The molecule has 6 heteroatoms. The molecular weight excluding hydrogens is 318 g/mol. The van der Waals surface area contributed by atoms with Crippen molar-refractivity contribution in [3.8, 4) is 0 Å². The van der Waals surface area contributed by atoms with Crippen LogP contribution in [0.25, 0.3) is 0 Å². The lowest BCUT2D eigenvalue weighted by Crippen LogP contribution is -2.45. The molecule has 0 spiro atoms. The molecule has 1 aromatic carbocycles. The minimum Gasteiger partial charge on any atom is -0.444 e. The Hall–Kier alpha value is -2.34. The quantitative estimate of drug-likeness (QED) is 0.806. The van der Waals surface area contributed by atoms with Crippen LogP contribution in [0.1, 0.15) is 37.8 Å². The third kappa shape index (κ3) is 7.39. The van der Waals surface area contributed by atoms with E-state index >= 15 is 0 Å². The Morgan fingerprint density at radius 2 is 2.00 bits per heavy atom. The van der Waals surface area contributed by atoms with E-state index in [0.717, 1.165) is 17.0 Å². The number of rotatable bonds is 7. The molecule has 0 aliphatic heterocycles. The van der Waals surface area contributed by atoms with Crippen LogP contribution in [0.15, 0.2) is 40.9 Å². The number of carbonyl (C=O) groups is 1. The van der Waals surface area contributed by atoms with Crippen LogP contribution in [-0.2, 0) is 17.7 Å². The lowest BCUT2D eigenvalue weighted by atomic mass is 10.1. The normalized spacial score (nSPS) is 12.6. The van der Waals surface area contributed by atoms with E-state index in [-0.39, 0.29) is 6.04 Å². The molecule has 1 heterocycles. The zero-order valence-corrected chi connectivity index (χ0v) is 15.3. The van der Waals surface area contributed by atoms with E-state index in [1.165, 1.54) is 0 Å². The monoisotopic (exact) mass is 345 g/mol. The average molecular weight is 345 g/mol. The van der Waals surface area contributed by atoms with Gasteiger partial charge in [0.05, 0.1) is 5.69 Å². The summed E-state index contributed by atoms with van der Waals surface area (Å²) < 4.78 is 10.4. The molecule has 1 atom stereocenters. The minimum absolute atomic E-state index is 0.0924. The standard InChI is InChI=1S/C19H27N3O3/c1-14-10-17(22-25-14)13-20-12-16(11-15-8-6-5-7-9-15)21-18(23)24-19(2,3)4/h5-10,16,20H,11-13H2,1-4H3,(H,21,23)/t16-/m0/s1. The second-order valence-electron chi connectivity index (χ2n) is 7.09. The molecule has 2 aromatic rings. The number of ether oxygens (including phenoxy) is 1. The fourth-order valence-electron chi connectivity index (χ4n) is 2.42. The number of carbonyl (C=O) groups excluding carboxylic acids is 1. The van der Waals surface area contributed by atoms with Crippen LogP contribution in [0.2, 0.25) is 0 Å². The first-order valence-corrected chi connectivity index (χ1v) is 8.48. The maximum atomic E-state index is 12.1. The second kappa shape index (κ2) is 8.67. The Kier molecular flexibility index (Phi) is 6.58. The van der Waals surface area contributed by atoms with Gasteiger partial charge < -0.3 is 19.9 Å². The molecule has 2 rings (SSSR count). The maximum absolute atomic E-state index is 12.1. The van der Waals surface area contributed by atoms with Gasteiger partial charge in [-0.05, 0) is 39.7 Å². The minimum atomic E-state index is -0.521. The van der Waals surface area contributed by atoms with Gasteiger partial charge in [-0.1, -0.05) is 35.5 Å². The zero-order valence-electron chi connectivity index (χ0n) is 15.3. The van der Waals surface area contributed by atoms with Crippen LogP contribution >= 0.6 is 0 Å². The average Bonchev–Trinajstić information content (AvgIpc) is 2.91. The molecule has 6 nitrogen and oxygen atoms in total. The molecule has 1 aromatic heterocycles. The first-order chi connectivity index (χ1) is 11.8. The molecule has 0 unspecified atom stereocenters. The first kappa shape index (κ1) is 19.0. The highest BCUT2D eigenvalue weighted by Gasteiger charge is 2.19. The number of aryl methyl sites for hydroxylation is 1. The molecule has 0 aliphatic rings. The Morgan fingerprint density at radius 3 is 2.60 bits per heavy atom. The van der Waals surface area contributed by atoms with Gasteiger partial charge in [-0.2, -0.15) is 0 Å². The summed E-state index contributed by atoms with van der Waals surface area (Å²) >= 11 is 0. The number of alkyl carbamates (subject to hydrolysis) is 1. The van der Waals surface area contributed by atoms with E-state index in [1.807, 2.05) is 64.1 Å². The fraction of sp³-hybridized carbons (Fsp3) is 0.474. The van der Waals surface area contributed by atoms with Crippen LogP contribution in [0.3, 0.4) is 0 Å². The van der Waals surface area contributed by atoms with Crippen molar-refractivity contribution in [1.82, 2.24) is 15.8 Å². The summed E-state index contributed by atoms with van der Waals surface area (Å²) in [5.41, 5.74) is 1.48. The molecule has 0 saturated heterocycles. The largest absolute Gasteiger partial charge is 0.444 e. The van der Waals surface area contributed by atoms with Gasteiger partial charge in [0.25, 0.3) is 0 Å². The van der Waals surface area contributed by atoms with E-state index in [9.17, 15) is 4.79 Å². The summed E-state index contributed by atoms with van der Waals surface area (Å²) in [5.74, 6) is 0.782. The van der Waals surface area contributed by atoms with Crippen molar-refractivity contribution in [2.75, 3.05) is 6.54 Å². The van der Waals surface area contributed by atoms with Crippen molar-refractivity contribution < 1.29 is 14.1 Å². The van der Waals surface area contributed by atoms with Crippen molar-refractivity contribution in [2.24, 2.45) is 0 Å². The summed E-state index contributed by atoms with van der Waals surface area (Å²) in [4.78, 5) is 12.1. The van der Waals surface area contributed by atoms with E-state index in [2.05, 4.69) is 15.8 Å². The number of nitrogens with zero attached hydrogens (tertiary/aromatic N) is 1. The zero-order chi connectivity index (χ0) is 18.3. The van der Waals surface area contributed by atoms with Crippen LogP contribution < -0.4 is 10.6 Å². The van der Waals surface area contributed by atoms with Gasteiger partial charge >= 0.3 is 6.09 Å². The van der Waals surface area contributed by atoms with E-state index in [0.29, 0.717) is 19.5 Å². The van der Waals surface area contributed by atoms with Gasteiger partial charge in [0.2, 0.25) is 0 Å². The molecule has 25 heavy (non-hydrogen) atoms. The van der Waals surface area contributed by atoms with Gasteiger partial charge in [-0.25, -0.2) is 4.79 Å². The smallest absolute Gasteiger partial charge is 0.407 e. The predicted octanol–water partition coefficient (Wildman–Crippen LogP) is 3.21. The fourth-order valence-corrected chi connectivity index (χ4v) is 2.42. The van der Waals surface area contributed by atoms with Crippen LogP contribution in [0.5, 0.6) is 0 Å². The van der Waals surface area contributed by atoms with Gasteiger partial charge in [-0.3, -0.25) is 0 Å². The van der Waals surface area contributed by atoms with Crippen molar-refractivity contribution in [2.45, 2.75) is 52.3 Å². The summed E-state index contributed by atoms with van der Waals surface area (Å²) in [6.45, 7) is 8.59. The summed E-state index contributed by atoms with van der Waals surface area (Å²) in [6, 6.07) is 11.9. The predicted molar refractivity (Wildman–Crippen MR) is 96.3 cm³/mol. The van der Waals surface area contributed by atoms with Gasteiger partial charge in [0.15, 0.2) is 0 Å². The molecule has 0 radical (unpaired) electrons. The van der Waals surface area contributed by atoms with Gasteiger partial charge in [-0.15, -0.1) is 0 Å². The van der Waals surface area contributed by atoms with Gasteiger partial charge in [0, 0.05) is 25.2 Å². The topological polar surface area (TPSA) is 76.4 Å². The molecule has 0 fully saturated rings. The van der Waals surface area contributed by atoms with E-state index < -0.39 is 11.7 Å². The number of benzene rings is 1. The Labute approximate surface area is 148 Å². The Balaban J connectivity index is 1.92. The number of aromatic nitrogens is 1. The second-order valence-corrected chi connectivity index (χ2v) is 7.09. The number of hydrogen-bond acceptors (Lipinski definition) is 5. The molecule has 0 bridgehead atoms. The highest BCUT2D eigenvalue weighted by Crippen LogP contribution is 2.08. The van der Waals surface area contributed by atoms with Crippen LogP contribution in [-0.4, -0.2) is 29.4 Å². The summed E-state index contributed by atoms with van der Waals surface area (Å²) in [6.07, 6.45) is 0.304. The van der Waals surface area contributed by atoms with Crippen molar-refractivity contribution >= 4 is 6.09 Å². The van der Waals surface area contributed by atoms with Gasteiger partial charge in [0.1, 0.15) is 11.4 Å². The lowest BCUT2D eigenvalue weighted by molar-refractivity contribution is 0.0503. The molecule has 1 amide bonds. The number of hydrogen-bond donors (Lipinski definition) is 2. The highest BCUT2D eigenvalue weighted by molar-refractivity contribution is 5.68. The molecule has 2 N–H and O–H groups in total. The third-order valence-electron chi connectivity index (χ3n) is 3.42. The Morgan fingerprint density at radius 1 is 1.28 bits per heavy atom. The van der Waals surface area contributed by atoms with Crippen LogP contribution in [0.4, 0.5) is 4.79 Å². The van der Waals surface area contributed by atoms with Crippen LogP contribution in [0, 0.1) is 6.92 Å². The van der Waals surface area contributed by atoms with Crippen molar-refractivity contribution in [1.29, 1.82) is 0 Å². The third-order valence-corrected chi connectivity index (χ3v) is 3.42. The first-order valence-electron chi connectivity index (χ1n) is 8.48. The molecule has 136 valence electrons. The molecular formula is C19H27N3O3. The SMILES string of the molecule is Cc1cc(CNC[C@H](Cc2ccccc2)NC(=O)OC(C)(C)C)no1. The number of amides is 1. The summed E-state index contributed by atoms with van der Waals surface area (Å²) in [5, 5.41) is 10.2. The van der Waals surface area contributed by atoms with Crippen molar-refractivity contribution in [3.05, 3.63) is 53.4 Å². The maximum Gasteiger partial charge on any atom is 0.407 e. The van der Waals surface area contributed by atoms with E-state index in [1.54, 1.807) is 0 Å². The summed E-state index contributed by atoms with van der Waals surface area (Å²) in [7, 11) is 0. The lowest BCUT2D eigenvalue weighted by Gasteiger charge is -2.24. The molecule has 0 aliphatic carbocycles. The Bertz CT molecular complexity index is 662.